The zero-order valence-corrected chi connectivity index (χ0v) is 12.8. The normalized spacial score (nSPS) is 15.2. The average molecular weight is 335 g/mol. The van der Waals surface area contributed by atoms with E-state index < -0.39 is 23.5 Å². The predicted octanol–water partition coefficient (Wildman–Crippen LogP) is 1.49. The number of ether oxygens (including phenoxy) is 1. The van der Waals surface area contributed by atoms with Crippen molar-refractivity contribution in [1.82, 2.24) is 24.5 Å². The van der Waals surface area contributed by atoms with Crippen molar-refractivity contribution < 1.29 is 18.6 Å². The lowest BCUT2D eigenvalue weighted by molar-refractivity contribution is -0.155. The Morgan fingerprint density at radius 1 is 1.33 bits per heavy atom. The van der Waals surface area contributed by atoms with E-state index in [9.17, 15) is 13.9 Å². The number of methoxy groups -OCH3 is 1. The van der Waals surface area contributed by atoms with E-state index in [1.165, 1.54) is 41.4 Å². The fourth-order valence-corrected chi connectivity index (χ4v) is 2.64. The van der Waals surface area contributed by atoms with Gasteiger partial charge in [0, 0.05) is 31.1 Å². The Balaban J connectivity index is 2.12. The molecule has 2 aromatic heterocycles. The fourth-order valence-electron chi connectivity index (χ4n) is 2.64. The maximum absolute atomic E-state index is 14.4. The maximum Gasteiger partial charge on any atom is 0.186 e. The van der Waals surface area contributed by atoms with Crippen LogP contribution in [0.5, 0.6) is 0 Å². The Kier molecular flexibility index (Phi) is 4.36. The van der Waals surface area contributed by atoms with Crippen LogP contribution >= 0.6 is 0 Å². The molecule has 0 radical (unpaired) electrons. The highest BCUT2D eigenvalue weighted by Gasteiger charge is 2.43. The Bertz CT molecular complexity index is 794. The molecule has 7 nitrogen and oxygen atoms in total. The summed E-state index contributed by atoms with van der Waals surface area (Å²) in [4.78, 5) is 3.82. The molecule has 2 atom stereocenters. The van der Waals surface area contributed by atoms with Gasteiger partial charge in [-0.3, -0.25) is 4.68 Å². The van der Waals surface area contributed by atoms with Crippen LogP contribution in [0.4, 0.5) is 8.78 Å². The van der Waals surface area contributed by atoms with Gasteiger partial charge in [0.05, 0.1) is 6.54 Å². The van der Waals surface area contributed by atoms with Crippen molar-refractivity contribution in [3.8, 4) is 0 Å². The van der Waals surface area contributed by atoms with E-state index in [0.29, 0.717) is 6.07 Å². The monoisotopic (exact) mass is 335 g/mol. The van der Waals surface area contributed by atoms with E-state index in [1.807, 2.05) is 0 Å². The molecule has 0 aliphatic heterocycles. The lowest BCUT2D eigenvalue weighted by atomic mass is 9.91. The van der Waals surface area contributed by atoms with E-state index in [4.69, 9.17) is 4.74 Å². The van der Waals surface area contributed by atoms with E-state index in [2.05, 4.69) is 15.2 Å². The summed E-state index contributed by atoms with van der Waals surface area (Å²) in [6, 6.07) is 4.62. The second kappa shape index (κ2) is 6.46. The summed E-state index contributed by atoms with van der Waals surface area (Å²) < 4.78 is 35.7. The van der Waals surface area contributed by atoms with Crippen LogP contribution in [0.25, 0.3) is 0 Å². The first kappa shape index (κ1) is 16.2. The minimum absolute atomic E-state index is 0.137. The molecule has 3 aromatic rings. The van der Waals surface area contributed by atoms with Crippen LogP contribution in [-0.4, -0.2) is 36.8 Å². The van der Waals surface area contributed by atoms with Crippen molar-refractivity contribution in [1.29, 1.82) is 0 Å². The minimum Gasteiger partial charge on any atom is -0.378 e. The summed E-state index contributed by atoms with van der Waals surface area (Å²) in [5.41, 5.74) is -2.05. The highest BCUT2D eigenvalue weighted by atomic mass is 19.1. The van der Waals surface area contributed by atoms with Crippen LogP contribution in [0.2, 0.25) is 0 Å². The fraction of sp³-hybridized carbons (Fsp3) is 0.267. The van der Waals surface area contributed by atoms with E-state index in [0.717, 1.165) is 6.07 Å². The Hall–Kier alpha value is -2.65. The molecule has 126 valence electrons. The summed E-state index contributed by atoms with van der Waals surface area (Å²) >= 11 is 0. The summed E-state index contributed by atoms with van der Waals surface area (Å²) in [5.74, 6) is -1.64. The van der Waals surface area contributed by atoms with Gasteiger partial charge in [0.1, 0.15) is 24.3 Å². The third-order valence-corrected chi connectivity index (χ3v) is 3.67. The van der Waals surface area contributed by atoms with Crippen LogP contribution in [0, 0.1) is 11.6 Å². The van der Waals surface area contributed by atoms with Gasteiger partial charge in [-0.15, -0.1) is 0 Å². The smallest absolute Gasteiger partial charge is 0.186 e. The Labute approximate surface area is 136 Å². The first-order valence-electron chi connectivity index (χ1n) is 7.07. The highest BCUT2D eigenvalue weighted by molar-refractivity contribution is 5.26. The van der Waals surface area contributed by atoms with Crippen LogP contribution in [0.1, 0.15) is 11.8 Å². The first-order chi connectivity index (χ1) is 11.5. The zero-order chi connectivity index (χ0) is 17.2. The first-order valence-corrected chi connectivity index (χ1v) is 7.07. The molecular weight excluding hydrogens is 320 g/mol. The molecule has 2 heterocycles. The van der Waals surface area contributed by atoms with Gasteiger partial charge in [0.25, 0.3) is 0 Å². The number of benzene rings is 1. The third-order valence-electron chi connectivity index (χ3n) is 3.67. The van der Waals surface area contributed by atoms with Crippen LogP contribution in [0.3, 0.4) is 0 Å². The van der Waals surface area contributed by atoms with Crippen molar-refractivity contribution in [3.05, 3.63) is 66.5 Å². The standard InChI is InChI=1S/C15H15F2N5O2/c1-24-14(22-10-18-9-20-22)15(23,8-21-6-2-5-19-21)12-4-3-11(16)7-13(12)17/h2-7,9-10,14,23H,8H2,1H3/t14-,15-/m1/s1. The quantitative estimate of drug-likeness (QED) is 0.738. The second-order valence-corrected chi connectivity index (χ2v) is 5.22. The van der Waals surface area contributed by atoms with Gasteiger partial charge in [0.15, 0.2) is 11.8 Å². The summed E-state index contributed by atoms with van der Waals surface area (Å²) in [6.07, 6.45) is 4.63. The number of hydrogen-bond donors (Lipinski definition) is 1. The van der Waals surface area contributed by atoms with Crippen molar-refractivity contribution in [2.75, 3.05) is 7.11 Å². The van der Waals surface area contributed by atoms with Crippen LogP contribution < -0.4 is 0 Å². The van der Waals surface area contributed by atoms with Gasteiger partial charge in [-0.1, -0.05) is 6.07 Å². The predicted molar refractivity (Wildman–Crippen MR) is 78.5 cm³/mol. The molecule has 9 heteroatoms. The third kappa shape index (κ3) is 2.91. The van der Waals surface area contributed by atoms with E-state index >= 15 is 0 Å². The van der Waals surface area contributed by atoms with Crippen molar-refractivity contribution in [2.45, 2.75) is 18.4 Å². The SMILES string of the molecule is CO[C@@H](n1cncn1)[C@@](O)(Cn1cccn1)c1ccc(F)cc1F. The van der Waals surface area contributed by atoms with Crippen LogP contribution in [0.15, 0.2) is 49.3 Å². The molecule has 0 aliphatic rings. The number of aromatic nitrogens is 5. The molecule has 0 spiro atoms. The lowest BCUT2D eigenvalue weighted by Gasteiger charge is -2.35. The number of hydrogen-bond acceptors (Lipinski definition) is 5. The number of nitrogens with zero attached hydrogens (tertiary/aromatic N) is 5. The van der Waals surface area contributed by atoms with Gasteiger partial charge in [-0.25, -0.2) is 18.4 Å². The maximum atomic E-state index is 14.4. The Morgan fingerprint density at radius 2 is 2.17 bits per heavy atom. The van der Waals surface area contributed by atoms with Crippen molar-refractivity contribution >= 4 is 0 Å². The Morgan fingerprint density at radius 3 is 2.75 bits per heavy atom. The van der Waals surface area contributed by atoms with Gasteiger partial charge in [0.2, 0.25) is 0 Å². The molecular formula is C15H15F2N5O2. The van der Waals surface area contributed by atoms with Crippen molar-refractivity contribution in [3.63, 3.8) is 0 Å². The molecule has 0 saturated carbocycles. The highest BCUT2D eigenvalue weighted by Crippen LogP contribution is 2.36. The van der Waals surface area contributed by atoms with Gasteiger partial charge < -0.3 is 9.84 Å². The molecule has 0 amide bonds. The lowest BCUT2D eigenvalue weighted by Crippen LogP contribution is -2.43. The molecule has 0 unspecified atom stereocenters. The van der Waals surface area contributed by atoms with Crippen molar-refractivity contribution in [2.24, 2.45) is 0 Å². The molecule has 0 fully saturated rings. The number of aliphatic hydroxyl groups is 1. The molecule has 1 N–H and O–H groups in total. The molecule has 3 rings (SSSR count). The summed E-state index contributed by atoms with van der Waals surface area (Å²) in [6.45, 7) is -0.138. The number of rotatable bonds is 6. The van der Waals surface area contributed by atoms with E-state index in [-0.39, 0.29) is 12.1 Å². The topological polar surface area (TPSA) is 78.0 Å². The molecule has 24 heavy (non-hydrogen) atoms. The summed E-state index contributed by atoms with van der Waals surface area (Å²) in [5, 5.41) is 19.3. The average Bonchev–Trinajstić information content (AvgIpc) is 3.21. The number of halogens is 2. The molecule has 0 aliphatic carbocycles. The zero-order valence-electron chi connectivity index (χ0n) is 12.8. The molecule has 0 saturated heterocycles. The van der Waals surface area contributed by atoms with Crippen LogP contribution in [-0.2, 0) is 16.9 Å². The molecule has 1 aromatic carbocycles. The second-order valence-electron chi connectivity index (χ2n) is 5.22. The van der Waals surface area contributed by atoms with Gasteiger partial charge in [-0.2, -0.15) is 10.2 Å². The van der Waals surface area contributed by atoms with Gasteiger partial charge in [-0.05, 0) is 12.1 Å². The summed E-state index contributed by atoms with van der Waals surface area (Å²) in [7, 11) is 1.35. The largest absolute Gasteiger partial charge is 0.378 e. The minimum atomic E-state index is -1.91. The molecule has 0 bridgehead atoms. The van der Waals surface area contributed by atoms with Gasteiger partial charge >= 0.3 is 0 Å². The van der Waals surface area contributed by atoms with E-state index in [1.54, 1.807) is 12.3 Å².